The summed E-state index contributed by atoms with van der Waals surface area (Å²) in [5, 5.41) is 28.0. The van der Waals surface area contributed by atoms with Gasteiger partial charge in [-0.25, -0.2) is 0 Å². The first kappa shape index (κ1) is 23.8. The molecular weight excluding hydrogens is 328 g/mol. The second-order valence-corrected chi connectivity index (χ2v) is 5.75. The van der Waals surface area contributed by atoms with Crippen LogP contribution in [0, 0.1) is 0 Å². The second kappa shape index (κ2) is 17.6. The molecule has 0 aliphatic rings. The van der Waals surface area contributed by atoms with Gasteiger partial charge in [0.1, 0.15) is 0 Å². The average Bonchev–Trinajstić information content (AvgIpc) is 2.60. The fourth-order valence-corrected chi connectivity index (χ4v) is 1.90. The highest BCUT2D eigenvalue weighted by Gasteiger charge is 1.94. The average molecular weight is 360 g/mol. The van der Waals surface area contributed by atoms with Gasteiger partial charge in [0, 0.05) is 6.42 Å². The summed E-state index contributed by atoms with van der Waals surface area (Å²) in [6, 6.07) is 0. The van der Waals surface area contributed by atoms with Gasteiger partial charge in [0.25, 0.3) is 0 Å². The van der Waals surface area contributed by atoms with E-state index < -0.39 is 18.2 Å². The van der Waals surface area contributed by atoms with Gasteiger partial charge in [0.15, 0.2) is 0 Å². The molecule has 0 heterocycles. The molecule has 0 radical (unpaired) electrons. The predicted molar refractivity (Wildman–Crippen MR) is 108 cm³/mol. The number of carbonyl (C=O) groups is 1. The third-order valence-electron chi connectivity index (χ3n) is 3.29. The Bertz CT molecular complexity index is 524. The third kappa shape index (κ3) is 18.2. The van der Waals surface area contributed by atoms with Gasteiger partial charge in [0.2, 0.25) is 0 Å². The SMILES string of the molecule is CC/C=C\C[C@@H](O)/C=C/C=C/C=C\[C@@H](O)C/C=C\C/C=C\CCC(=O)O. The monoisotopic (exact) mass is 360 g/mol. The Labute approximate surface area is 157 Å². The number of hydrogen-bond acceptors (Lipinski definition) is 3. The number of allylic oxidation sites excluding steroid dienone is 8. The van der Waals surface area contributed by atoms with E-state index >= 15 is 0 Å². The molecule has 0 aromatic rings. The lowest BCUT2D eigenvalue weighted by molar-refractivity contribution is -0.136. The van der Waals surface area contributed by atoms with Crippen molar-refractivity contribution in [3.8, 4) is 0 Å². The Hall–Kier alpha value is -2.17. The van der Waals surface area contributed by atoms with Gasteiger partial charge >= 0.3 is 5.97 Å². The standard InChI is InChI=1S/C22H32O4/c1-2-3-10-15-20(23)17-12-8-9-13-18-21(24)16-11-6-4-5-7-14-19-22(25)26/h3,5-13,17-18,20-21,23-24H,2,4,14-16,19H2,1H3,(H,25,26)/b7-5-,9-8+,10-3-,11-6-,17-12+,18-13-/t20-,21+/m1/s1. The molecule has 3 N–H and O–H groups in total. The molecule has 0 aliphatic carbocycles. The van der Waals surface area contributed by atoms with Crippen LogP contribution in [0.1, 0.15) is 45.4 Å². The first-order valence-electron chi connectivity index (χ1n) is 9.10. The minimum absolute atomic E-state index is 0.154. The molecule has 0 aliphatic heterocycles. The molecule has 0 saturated carbocycles. The minimum atomic E-state index is -0.787. The Balaban J connectivity index is 3.87. The molecule has 0 aromatic carbocycles. The molecule has 0 bridgehead atoms. The van der Waals surface area contributed by atoms with Gasteiger partial charge < -0.3 is 15.3 Å². The molecule has 2 atom stereocenters. The number of carboxylic acids is 1. The molecular formula is C22H32O4. The van der Waals surface area contributed by atoms with Gasteiger partial charge in [-0.15, -0.1) is 0 Å². The molecule has 0 saturated heterocycles. The third-order valence-corrected chi connectivity index (χ3v) is 3.29. The van der Waals surface area contributed by atoms with Gasteiger partial charge in [-0.3, -0.25) is 4.79 Å². The van der Waals surface area contributed by atoms with Crippen molar-refractivity contribution >= 4 is 5.97 Å². The quantitative estimate of drug-likeness (QED) is 0.315. The summed E-state index contributed by atoms with van der Waals surface area (Å²) in [7, 11) is 0. The Morgan fingerprint density at radius 2 is 1.35 bits per heavy atom. The zero-order chi connectivity index (χ0) is 19.5. The van der Waals surface area contributed by atoms with Crippen molar-refractivity contribution < 1.29 is 20.1 Å². The summed E-state index contributed by atoms with van der Waals surface area (Å²) in [5.74, 6) is -0.787. The molecule has 0 unspecified atom stereocenters. The predicted octanol–water partition coefficient (Wildman–Crippen LogP) is 4.49. The van der Waals surface area contributed by atoms with Crippen LogP contribution in [0.25, 0.3) is 0 Å². The number of aliphatic hydroxyl groups is 2. The van der Waals surface area contributed by atoms with Crippen LogP contribution in [0.4, 0.5) is 0 Å². The van der Waals surface area contributed by atoms with Crippen molar-refractivity contribution in [3.05, 3.63) is 72.9 Å². The van der Waals surface area contributed by atoms with Crippen molar-refractivity contribution in [2.45, 2.75) is 57.7 Å². The lowest BCUT2D eigenvalue weighted by Gasteiger charge is -1.99. The summed E-state index contributed by atoms with van der Waals surface area (Å²) < 4.78 is 0. The summed E-state index contributed by atoms with van der Waals surface area (Å²) in [6.45, 7) is 2.06. The van der Waals surface area contributed by atoms with Gasteiger partial charge in [-0.2, -0.15) is 0 Å². The van der Waals surface area contributed by atoms with E-state index in [2.05, 4.69) is 6.92 Å². The van der Waals surface area contributed by atoms with Crippen molar-refractivity contribution in [1.29, 1.82) is 0 Å². The van der Waals surface area contributed by atoms with Crippen LogP contribution < -0.4 is 0 Å². The Kier molecular flexibility index (Phi) is 16.2. The van der Waals surface area contributed by atoms with Crippen molar-refractivity contribution in [2.24, 2.45) is 0 Å². The highest BCUT2D eigenvalue weighted by atomic mass is 16.4. The van der Waals surface area contributed by atoms with Gasteiger partial charge in [-0.05, 0) is 32.1 Å². The van der Waals surface area contributed by atoms with Crippen molar-refractivity contribution in [2.75, 3.05) is 0 Å². The number of aliphatic hydroxyl groups excluding tert-OH is 2. The summed E-state index contributed by atoms with van der Waals surface area (Å²) >= 11 is 0. The van der Waals surface area contributed by atoms with E-state index in [0.29, 0.717) is 19.3 Å². The molecule has 4 heteroatoms. The van der Waals surface area contributed by atoms with E-state index in [4.69, 9.17) is 5.11 Å². The minimum Gasteiger partial charge on any atom is -0.481 e. The van der Waals surface area contributed by atoms with E-state index in [9.17, 15) is 15.0 Å². The van der Waals surface area contributed by atoms with Crippen LogP contribution >= 0.6 is 0 Å². The molecule has 0 aromatic heterocycles. The van der Waals surface area contributed by atoms with Crippen LogP contribution in [0.3, 0.4) is 0 Å². The van der Waals surface area contributed by atoms with Crippen molar-refractivity contribution in [1.82, 2.24) is 0 Å². The molecule has 144 valence electrons. The Morgan fingerprint density at radius 3 is 1.88 bits per heavy atom. The normalized spacial score (nSPS) is 15.5. The summed E-state index contributed by atoms with van der Waals surface area (Å²) in [6.07, 6.45) is 24.8. The van der Waals surface area contributed by atoms with Crippen LogP contribution in [-0.4, -0.2) is 33.5 Å². The maximum absolute atomic E-state index is 10.3. The summed E-state index contributed by atoms with van der Waals surface area (Å²) in [5.41, 5.74) is 0. The zero-order valence-corrected chi connectivity index (χ0v) is 15.6. The molecule has 26 heavy (non-hydrogen) atoms. The van der Waals surface area contributed by atoms with Crippen molar-refractivity contribution in [3.63, 3.8) is 0 Å². The van der Waals surface area contributed by atoms with Crippen LogP contribution in [0.5, 0.6) is 0 Å². The van der Waals surface area contributed by atoms with E-state index in [1.807, 2.05) is 48.6 Å². The lowest BCUT2D eigenvalue weighted by atomic mass is 10.2. The van der Waals surface area contributed by atoms with E-state index in [-0.39, 0.29) is 6.42 Å². The molecule has 0 amide bonds. The van der Waals surface area contributed by atoms with Crippen LogP contribution in [-0.2, 0) is 4.79 Å². The maximum atomic E-state index is 10.3. The first-order valence-corrected chi connectivity index (χ1v) is 9.10. The largest absolute Gasteiger partial charge is 0.481 e. The summed E-state index contributed by atoms with van der Waals surface area (Å²) in [4.78, 5) is 10.3. The van der Waals surface area contributed by atoms with E-state index in [1.54, 1.807) is 24.3 Å². The molecule has 0 rings (SSSR count). The number of rotatable bonds is 14. The smallest absolute Gasteiger partial charge is 0.303 e. The lowest BCUT2D eigenvalue weighted by Crippen LogP contribution is -1.98. The number of carboxylic acid groups (broad SMARTS) is 1. The molecule has 4 nitrogen and oxygen atoms in total. The highest BCUT2D eigenvalue weighted by Crippen LogP contribution is 2.00. The van der Waals surface area contributed by atoms with Gasteiger partial charge in [0.05, 0.1) is 12.2 Å². The van der Waals surface area contributed by atoms with E-state index in [1.165, 1.54) is 0 Å². The number of hydrogen-bond donors (Lipinski definition) is 3. The van der Waals surface area contributed by atoms with Crippen LogP contribution in [0.15, 0.2) is 72.9 Å². The maximum Gasteiger partial charge on any atom is 0.303 e. The van der Waals surface area contributed by atoms with E-state index in [0.717, 1.165) is 12.8 Å². The fourth-order valence-electron chi connectivity index (χ4n) is 1.90. The molecule has 0 fully saturated rings. The second-order valence-electron chi connectivity index (χ2n) is 5.75. The zero-order valence-electron chi connectivity index (χ0n) is 15.6. The highest BCUT2D eigenvalue weighted by molar-refractivity contribution is 5.66. The molecule has 0 spiro atoms. The fraction of sp³-hybridized carbons (Fsp3) is 0.409. The topological polar surface area (TPSA) is 77.8 Å². The first-order chi connectivity index (χ1) is 12.6. The van der Waals surface area contributed by atoms with Crippen LogP contribution in [0.2, 0.25) is 0 Å². The number of aliphatic carboxylic acids is 1. The Morgan fingerprint density at radius 1 is 0.808 bits per heavy atom. The van der Waals surface area contributed by atoms with Gasteiger partial charge in [-0.1, -0.05) is 79.8 Å².